The molecule has 0 unspecified atom stereocenters. The first-order valence-corrected chi connectivity index (χ1v) is 8.46. The van der Waals surface area contributed by atoms with E-state index < -0.39 is 8.96 Å². The predicted octanol–water partition coefficient (Wildman–Crippen LogP) is 2.46. The van der Waals surface area contributed by atoms with Gasteiger partial charge in [0.1, 0.15) is 0 Å². The number of rotatable bonds is 4. The molecular weight excluding hydrogens is 258 g/mol. The molecule has 0 aliphatic carbocycles. The number of para-hydroxylation sites is 1. The summed E-state index contributed by atoms with van der Waals surface area (Å²) in [6.45, 7) is 0. The standard InChI is InChI=1S/C18H16NSi/c1-4-10-16(11-5-1)19-20(17-12-6-2-7-13-17)18-14-8-3-9-15-18/h1-15,20H. The van der Waals surface area contributed by atoms with Crippen molar-refractivity contribution in [1.29, 1.82) is 0 Å². The molecule has 3 aromatic carbocycles. The summed E-state index contributed by atoms with van der Waals surface area (Å²) in [7, 11) is -1.55. The zero-order chi connectivity index (χ0) is 13.6. The van der Waals surface area contributed by atoms with E-state index in [1.165, 1.54) is 10.4 Å². The van der Waals surface area contributed by atoms with E-state index in [0.29, 0.717) is 0 Å². The smallest absolute Gasteiger partial charge is 0.228 e. The number of hydrogen-bond acceptors (Lipinski definition) is 0. The summed E-state index contributed by atoms with van der Waals surface area (Å²) in [5, 5.41) is 2.70. The molecule has 1 radical (unpaired) electrons. The Labute approximate surface area is 121 Å². The molecule has 0 atom stereocenters. The van der Waals surface area contributed by atoms with E-state index in [2.05, 4.69) is 72.8 Å². The fraction of sp³-hybridized carbons (Fsp3) is 0. The number of nitrogens with zero attached hydrogens (tertiary/aromatic N) is 1. The van der Waals surface area contributed by atoms with Crippen molar-refractivity contribution < 1.29 is 0 Å². The summed E-state index contributed by atoms with van der Waals surface area (Å²) in [6, 6.07) is 31.5. The Kier molecular flexibility index (Phi) is 3.95. The third-order valence-corrected chi connectivity index (χ3v) is 5.85. The highest BCUT2D eigenvalue weighted by atomic mass is 28.3. The molecule has 0 saturated heterocycles. The van der Waals surface area contributed by atoms with Gasteiger partial charge < -0.3 is 4.98 Å². The van der Waals surface area contributed by atoms with E-state index in [1.807, 2.05) is 18.2 Å². The lowest BCUT2D eigenvalue weighted by Crippen LogP contribution is -2.48. The van der Waals surface area contributed by atoms with Crippen LogP contribution in [0.15, 0.2) is 91.0 Å². The van der Waals surface area contributed by atoms with Crippen molar-refractivity contribution in [3.63, 3.8) is 0 Å². The van der Waals surface area contributed by atoms with Gasteiger partial charge in [-0.1, -0.05) is 78.9 Å². The summed E-state index contributed by atoms with van der Waals surface area (Å²) >= 11 is 0. The normalized spacial score (nSPS) is 10.4. The molecule has 3 aromatic rings. The zero-order valence-electron chi connectivity index (χ0n) is 11.2. The van der Waals surface area contributed by atoms with Crippen LogP contribution in [0.5, 0.6) is 0 Å². The van der Waals surface area contributed by atoms with E-state index >= 15 is 0 Å². The lowest BCUT2D eigenvalue weighted by atomic mass is 10.3. The topological polar surface area (TPSA) is 14.1 Å². The summed E-state index contributed by atoms with van der Waals surface area (Å²) in [4.78, 5) is 5.04. The van der Waals surface area contributed by atoms with Gasteiger partial charge in [0.15, 0.2) is 0 Å². The van der Waals surface area contributed by atoms with Crippen molar-refractivity contribution in [2.24, 2.45) is 0 Å². The molecule has 20 heavy (non-hydrogen) atoms. The summed E-state index contributed by atoms with van der Waals surface area (Å²) in [6.07, 6.45) is 0. The van der Waals surface area contributed by atoms with Crippen LogP contribution in [0.25, 0.3) is 0 Å². The minimum absolute atomic E-state index is 1.07. The first kappa shape index (κ1) is 12.7. The maximum Gasteiger partial charge on any atom is 0.228 e. The predicted molar refractivity (Wildman–Crippen MR) is 87.5 cm³/mol. The Morgan fingerprint density at radius 2 is 0.900 bits per heavy atom. The van der Waals surface area contributed by atoms with Gasteiger partial charge in [0, 0.05) is 5.69 Å². The van der Waals surface area contributed by atoms with Gasteiger partial charge in [-0.25, -0.2) is 0 Å². The Balaban J connectivity index is 1.96. The van der Waals surface area contributed by atoms with Crippen molar-refractivity contribution in [2.75, 3.05) is 0 Å². The molecular formula is C18H16NSi. The molecule has 1 nitrogen and oxygen atoms in total. The van der Waals surface area contributed by atoms with Crippen LogP contribution in [0.1, 0.15) is 0 Å². The van der Waals surface area contributed by atoms with Crippen LogP contribution >= 0.6 is 0 Å². The molecule has 0 N–H and O–H groups in total. The molecule has 2 heteroatoms. The summed E-state index contributed by atoms with van der Waals surface area (Å²) in [5.41, 5.74) is 1.07. The van der Waals surface area contributed by atoms with Gasteiger partial charge in [-0.15, -0.1) is 0 Å². The fourth-order valence-electron chi connectivity index (χ4n) is 2.28. The summed E-state index contributed by atoms with van der Waals surface area (Å²) in [5.74, 6) is 0. The molecule has 0 spiro atoms. The van der Waals surface area contributed by atoms with Crippen molar-refractivity contribution in [3.8, 4) is 0 Å². The molecule has 97 valence electrons. The maximum atomic E-state index is 5.04. The molecule has 3 rings (SSSR count). The van der Waals surface area contributed by atoms with Gasteiger partial charge in [-0.2, -0.15) is 0 Å². The van der Waals surface area contributed by atoms with Gasteiger partial charge in [0.05, 0.1) is 0 Å². The highest BCUT2D eigenvalue weighted by molar-refractivity contribution is 6.83. The highest BCUT2D eigenvalue weighted by Gasteiger charge is 2.17. The average Bonchev–Trinajstić information content (AvgIpc) is 2.55. The van der Waals surface area contributed by atoms with Crippen LogP contribution in [0, 0.1) is 0 Å². The van der Waals surface area contributed by atoms with Crippen molar-refractivity contribution in [3.05, 3.63) is 91.0 Å². The maximum absolute atomic E-state index is 5.04. The van der Waals surface area contributed by atoms with Gasteiger partial charge in [0.25, 0.3) is 0 Å². The molecule has 0 aromatic heterocycles. The van der Waals surface area contributed by atoms with Gasteiger partial charge in [-0.3, -0.25) is 0 Å². The third kappa shape index (κ3) is 2.98. The Morgan fingerprint density at radius 3 is 1.35 bits per heavy atom. The minimum atomic E-state index is -1.55. The first-order valence-electron chi connectivity index (χ1n) is 6.79. The Bertz CT molecular complexity index is 599. The molecule has 0 heterocycles. The van der Waals surface area contributed by atoms with Crippen LogP contribution in [-0.4, -0.2) is 8.96 Å². The Hall–Kier alpha value is -2.32. The summed E-state index contributed by atoms with van der Waals surface area (Å²) < 4.78 is 0. The van der Waals surface area contributed by atoms with Crippen molar-refractivity contribution in [2.45, 2.75) is 0 Å². The molecule has 0 bridgehead atoms. The van der Waals surface area contributed by atoms with Crippen LogP contribution < -0.4 is 15.4 Å². The SMILES string of the molecule is c1ccc([N][SiH](c2ccccc2)c2ccccc2)cc1. The second kappa shape index (κ2) is 6.22. The molecule has 0 aliphatic rings. The van der Waals surface area contributed by atoms with Gasteiger partial charge in [0.2, 0.25) is 8.96 Å². The van der Waals surface area contributed by atoms with Crippen molar-refractivity contribution in [1.82, 2.24) is 4.98 Å². The quantitative estimate of drug-likeness (QED) is 0.649. The second-order valence-electron chi connectivity index (χ2n) is 4.69. The monoisotopic (exact) mass is 274 g/mol. The molecule has 0 aliphatic heterocycles. The second-order valence-corrected chi connectivity index (χ2v) is 7.09. The zero-order valence-corrected chi connectivity index (χ0v) is 12.3. The van der Waals surface area contributed by atoms with E-state index in [9.17, 15) is 0 Å². The lowest BCUT2D eigenvalue weighted by Gasteiger charge is -2.16. The van der Waals surface area contributed by atoms with E-state index in [-0.39, 0.29) is 0 Å². The Morgan fingerprint density at radius 1 is 0.500 bits per heavy atom. The first-order chi connectivity index (χ1) is 9.93. The highest BCUT2D eigenvalue weighted by Crippen LogP contribution is 2.06. The van der Waals surface area contributed by atoms with Crippen LogP contribution in [-0.2, 0) is 0 Å². The van der Waals surface area contributed by atoms with Crippen LogP contribution in [0.2, 0.25) is 0 Å². The van der Waals surface area contributed by atoms with E-state index in [4.69, 9.17) is 4.98 Å². The van der Waals surface area contributed by atoms with Gasteiger partial charge in [-0.05, 0) is 22.5 Å². The van der Waals surface area contributed by atoms with Crippen LogP contribution in [0.3, 0.4) is 0 Å². The number of benzene rings is 3. The third-order valence-electron chi connectivity index (χ3n) is 3.26. The largest absolute Gasteiger partial charge is 0.314 e. The molecule has 0 fully saturated rings. The minimum Gasteiger partial charge on any atom is -0.314 e. The fourth-order valence-corrected chi connectivity index (χ4v) is 4.60. The van der Waals surface area contributed by atoms with Crippen molar-refractivity contribution >= 4 is 25.0 Å². The van der Waals surface area contributed by atoms with Crippen LogP contribution in [0.4, 0.5) is 5.69 Å². The molecule has 0 amide bonds. The number of hydrogen-bond donors (Lipinski definition) is 0. The van der Waals surface area contributed by atoms with E-state index in [0.717, 1.165) is 5.69 Å². The van der Waals surface area contributed by atoms with Gasteiger partial charge >= 0.3 is 0 Å². The average molecular weight is 274 g/mol. The molecule has 0 saturated carbocycles. The van der Waals surface area contributed by atoms with E-state index in [1.54, 1.807) is 0 Å². The lowest BCUT2D eigenvalue weighted by molar-refractivity contribution is 1.31.